The van der Waals surface area contributed by atoms with E-state index in [9.17, 15) is 23.7 Å². The molecule has 8 heteroatoms. The third-order valence-electron chi connectivity index (χ3n) is 2.05. The Hall–Kier alpha value is -2.12. The van der Waals surface area contributed by atoms with Crippen LogP contribution in [-0.2, 0) is 16.0 Å². The monoisotopic (exact) mass is 260 g/mol. The van der Waals surface area contributed by atoms with Gasteiger partial charge in [-0.3, -0.25) is 19.9 Å². The van der Waals surface area contributed by atoms with Gasteiger partial charge in [0.05, 0.1) is 23.6 Å². The van der Waals surface area contributed by atoms with E-state index in [2.05, 4.69) is 9.72 Å². The minimum absolute atomic E-state index is 0.121. The summed E-state index contributed by atoms with van der Waals surface area (Å²) in [5.74, 6) is -0.708. The number of ether oxygens (including phenoxy) is 1. The van der Waals surface area contributed by atoms with Crippen LogP contribution >= 0.6 is 0 Å². The highest BCUT2D eigenvalue weighted by molar-refractivity contribution is 5.72. The van der Waals surface area contributed by atoms with E-state index in [1.807, 2.05) is 0 Å². The molecule has 0 N–H and O–H groups in total. The number of hydrogen-bond donors (Lipinski definition) is 0. The van der Waals surface area contributed by atoms with E-state index in [4.69, 9.17) is 0 Å². The van der Waals surface area contributed by atoms with Crippen molar-refractivity contribution in [1.82, 2.24) is 4.98 Å². The normalized spacial score (nSPS) is 10.4. The predicted molar refractivity (Wildman–Crippen MR) is 56.2 cm³/mol. The summed E-state index contributed by atoms with van der Waals surface area (Å²) in [6, 6.07) is 0.715. The molecule has 0 bridgehead atoms. The standard InChI is InChI=1S/C10H10F2N2O4/c1-2-18-9(15)4-8-7(10(11)12)3-6(5-13-8)14(16)17/h3,5,10H,2,4H2,1H3. The highest BCUT2D eigenvalue weighted by Gasteiger charge is 2.21. The zero-order chi connectivity index (χ0) is 13.7. The van der Waals surface area contributed by atoms with Gasteiger partial charge in [-0.1, -0.05) is 0 Å². The number of carbonyl (C=O) groups is 1. The summed E-state index contributed by atoms with van der Waals surface area (Å²) in [5, 5.41) is 10.4. The highest BCUT2D eigenvalue weighted by atomic mass is 19.3. The lowest BCUT2D eigenvalue weighted by molar-refractivity contribution is -0.385. The summed E-state index contributed by atoms with van der Waals surface area (Å²) in [6.07, 6.45) is -2.55. The number of carbonyl (C=O) groups excluding carboxylic acids is 1. The molecule has 0 radical (unpaired) electrons. The molecular weight excluding hydrogens is 250 g/mol. The number of hydrogen-bond acceptors (Lipinski definition) is 5. The maximum absolute atomic E-state index is 12.7. The van der Waals surface area contributed by atoms with Gasteiger partial charge in [-0.25, -0.2) is 8.78 Å². The SMILES string of the molecule is CCOC(=O)Cc1ncc([N+](=O)[O-])cc1C(F)F. The van der Waals surface area contributed by atoms with Crippen molar-refractivity contribution < 1.29 is 23.2 Å². The van der Waals surface area contributed by atoms with Crippen LogP contribution in [0, 0.1) is 10.1 Å². The van der Waals surface area contributed by atoms with Crippen molar-refractivity contribution >= 4 is 11.7 Å². The van der Waals surface area contributed by atoms with Crippen molar-refractivity contribution in [2.75, 3.05) is 6.61 Å². The molecule has 0 aliphatic carbocycles. The molecule has 18 heavy (non-hydrogen) atoms. The van der Waals surface area contributed by atoms with Crippen LogP contribution in [0.3, 0.4) is 0 Å². The zero-order valence-corrected chi connectivity index (χ0v) is 9.43. The van der Waals surface area contributed by atoms with Crippen molar-refractivity contribution in [2.45, 2.75) is 19.8 Å². The predicted octanol–water partition coefficient (Wildman–Crippen LogP) is 2.03. The minimum Gasteiger partial charge on any atom is -0.466 e. The topological polar surface area (TPSA) is 82.3 Å². The van der Waals surface area contributed by atoms with Crippen LogP contribution in [0.1, 0.15) is 24.6 Å². The number of halogens is 2. The summed E-state index contributed by atoms with van der Waals surface area (Å²) >= 11 is 0. The second kappa shape index (κ2) is 5.99. The van der Waals surface area contributed by atoms with E-state index in [1.165, 1.54) is 0 Å². The lowest BCUT2D eigenvalue weighted by Gasteiger charge is -2.07. The van der Waals surface area contributed by atoms with Gasteiger partial charge in [0.15, 0.2) is 0 Å². The maximum Gasteiger partial charge on any atom is 0.311 e. The summed E-state index contributed by atoms with van der Waals surface area (Å²) in [7, 11) is 0. The number of aromatic nitrogens is 1. The van der Waals surface area contributed by atoms with Crippen LogP contribution in [0.4, 0.5) is 14.5 Å². The second-order valence-electron chi connectivity index (χ2n) is 3.27. The quantitative estimate of drug-likeness (QED) is 0.459. The number of pyridine rings is 1. The lowest BCUT2D eigenvalue weighted by atomic mass is 10.1. The Morgan fingerprint density at radius 1 is 1.61 bits per heavy atom. The number of alkyl halides is 2. The first-order valence-corrected chi connectivity index (χ1v) is 5.02. The molecule has 0 atom stereocenters. The number of esters is 1. The van der Waals surface area contributed by atoms with Crippen molar-refractivity contribution in [2.24, 2.45) is 0 Å². The molecular formula is C10H10F2N2O4. The third-order valence-corrected chi connectivity index (χ3v) is 2.05. The van der Waals surface area contributed by atoms with Gasteiger partial charge < -0.3 is 4.74 Å². The van der Waals surface area contributed by atoms with Gasteiger partial charge in [0.2, 0.25) is 0 Å². The molecule has 0 amide bonds. The second-order valence-corrected chi connectivity index (χ2v) is 3.27. The first kappa shape index (κ1) is 13.9. The molecule has 0 aromatic carbocycles. The average molecular weight is 260 g/mol. The van der Waals surface area contributed by atoms with E-state index in [1.54, 1.807) is 6.92 Å². The van der Waals surface area contributed by atoms with E-state index < -0.39 is 35.0 Å². The van der Waals surface area contributed by atoms with E-state index in [0.29, 0.717) is 6.07 Å². The smallest absolute Gasteiger partial charge is 0.311 e. The van der Waals surface area contributed by atoms with Crippen molar-refractivity contribution in [3.63, 3.8) is 0 Å². The van der Waals surface area contributed by atoms with Crippen LogP contribution in [0.2, 0.25) is 0 Å². The largest absolute Gasteiger partial charge is 0.466 e. The molecule has 1 aromatic rings. The van der Waals surface area contributed by atoms with E-state index in [-0.39, 0.29) is 12.3 Å². The maximum atomic E-state index is 12.7. The van der Waals surface area contributed by atoms with E-state index >= 15 is 0 Å². The van der Waals surface area contributed by atoms with Crippen molar-refractivity contribution in [3.05, 3.63) is 33.6 Å². The molecule has 6 nitrogen and oxygen atoms in total. The fourth-order valence-corrected chi connectivity index (χ4v) is 1.28. The fraction of sp³-hybridized carbons (Fsp3) is 0.400. The molecule has 0 aliphatic heterocycles. The Morgan fingerprint density at radius 2 is 2.28 bits per heavy atom. The summed E-state index contributed by atoms with van der Waals surface area (Å²) in [6.45, 7) is 1.70. The molecule has 0 saturated carbocycles. The van der Waals surface area contributed by atoms with Crippen LogP contribution in [0.5, 0.6) is 0 Å². The zero-order valence-electron chi connectivity index (χ0n) is 9.43. The molecule has 1 aromatic heterocycles. The Morgan fingerprint density at radius 3 is 2.78 bits per heavy atom. The highest BCUT2D eigenvalue weighted by Crippen LogP contribution is 2.25. The van der Waals surface area contributed by atoms with Crippen LogP contribution in [0.15, 0.2) is 12.3 Å². The van der Waals surface area contributed by atoms with Crippen LogP contribution in [-0.4, -0.2) is 22.5 Å². The van der Waals surface area contributed by atoms with Gasteiger partial charge in [-0.05, 0) is 6.92 Å². The molecule has 0 fully saturated rings. The molecule has 1 heterocycles. The van der Waals surface area contributed by atoms with Gasteiger partial charge in [-0.2, -0.15) is 0 Å². The first-order chi connectivity index (χ1) is 8.45. The van der Waals surface area contributed by atoms with Gasteiger partial charge in [0.1, 0.15) is 6.20 Å². The third kappa shape index (κ3) is 3.44. The van der Waals surface area contributed by atoms with Gasteiger partial charge in [-0.15, -0.1) is 0 Å². The number of nitro groups is 1. The number of rotatable bonds is 5. The van der Waals surface area contributed by atoms with Crippen molar-refractivity contribution in [1.29, 1.82) is 0 Å². The lowest BCUT2D eigenvalue weighted by Crippen LogP contribution is -2.11. The average Bonchev–Trinajstić information content (AvgIpc) is 2.29. The number of nitrogens with zero attached hydrogens (tertiary/aromatic N) is 2. The van der Waals surface area contributed by atoms with Crippen molar-refractivity contribution in [3.8, 4) is 0 Å². The summed E-state index contributed by atoms with van der Waals surface area (Å²) < 4.78 is 30.0. The van der Waals surface area contributed by atoms with Gasteiger partial charge in [0, 0.05) is 11.6 Å². The Labute approximate surface area is 101 Å². The molecule has 1 rings (SSSR count). The van der Waals surface area contributed by atoms with E-state index in [0.717, 1.165) is 6.20 Å². The molecule has 98 valence electrons. The Kier molecular flexibility index (Phi) is 4.64. The molecule has 0 saturated heterocycles. The fourth-order valence-electron chi connectivity index (χ4n) is 1.28. The molecule has 0 aliphatic rings. The van der Waals surface area contributed by atoms with Crippen LogP contribution in [0.25, 0.3) is 0 Å². The Balaban J connectivity index is 3.04. The molecule has 0 spiro atoms. The van der Waals surface area contributed by atoms with Gasteiger partial charge >= 0.3 is 5.97 Å². The molecule has 0 unspecified atom stereocenters. The van der Waals surface area contributed by atoms with Gasteiger partial charge in [0.25, 0.3) is 12.1 Å². The Bertz CT molecular complexity index is 465. The van der Waals surface area contributed by atoms with Crippen LogP contribution < -0.4 is 0 Å². The first-order valence-electron chi connectivity index (χ1n) is 5.02. The summed E-state index contributed by atoms with van der Waals surface area (Å²) in [5.41, 5.74) is -1.38. The minimum atomic E-state index is -2.94. The summed E-state index contributed by atoms with van der Waals surface area (Å²) in [4.78, 5) is 24.3.